The minimum Gasteiger partial charge on any atom is -0.480 e. The molecule has 9 heteroatoms. The SMILES string of the molecule is CCN(CC)S(=O)(=O)CC(=O)N(CC(=O)O)Cc1ccc(F)cc1. The van der Waals surface area contributed by atoms with Crippen molar-refractivity contribution in [3.8, 4) is 0 Å². The fraction of sp³-hybridized carbons (Fsp3) is 0.467. The van der Waals surface area contributed by atoms with Crippen LogP contribution < -0.4 is 0 Å². The van der Waals surface area contributed by atoms with Crippen LogP contribution in [0.2, 0.25) is 0 Å². The van der Waals surface area contributed by atoms with Crippen molar-refractivity contribution in [2.45, 2.75) is 20.4 Å². The van der Waals surface area contributed by atoms with E-state index in [1.54, 1.807) is 13.8 Å². The minimum atomic E-state index is -3.81. The lowest BCUT2D eigenvalue weighted by molar-refractivity contribution is -0.143. The lowest BCUT2D eigenvalue weighted by atomic mass is 10.2. The molecule has 1 N–H and O–H groups in total. The first-order chi connectivity index (χ1) is 11.2. The van der Waals surface area contributed by atoms with Crippen LogP contribution in [0.25, 0.3) is 0 Å². The summed E-state index contributed by atoms with van der Waals surface area (Å²) in [6.07, 6.45) is 0. The van der Waals surface area contributed by atoms with Crippen molar-refractivity contribution in [2.75, 3.05) is 25.4 Å². The number of hydrogen-bond donors (Lipinski definition) is 1. The fourth-order valence-electron chi connectivity index (χ4n) is 2.16. The van der Waals surface area contributed by atoms with Crippen molar-refractivity contribution in [3.05, 3.63) is 35.6 Å². The molecule has 24 heavy (non-hydrogen) atoms. The van der Waals surface area contributed by atoms with Gasteiger partial charge in [0.15, 0.2) is 0 Å². The van der Waals surface area contributed by atoms with Crippen molar-refractivity contribution in [2.24, 2.45) is 0 Å². The molecule has 1 aromatic carbocycles. The van der Waals surface area contributed by atoms with Crippen LogP contribution in [0.1, 0.15) is 19.4 Å². The number of carboxylic acids is 1. The van der Waals surface area contributed by atoms with Gasteiger partial charge in [0.25, 0.3) is 0 Å². The molecule has 0 saturated carbocycles. The number of halogens is 1. The van der Waals surface area contributed by atoms with Gasteiger partial charge in [-0.1, -0.05) is 26.0 Å². The molecule has 0 aliphatic carbocycles. The van der Waals surface area contributed by atoms with Gasteiger partial charge in [-0.15, -0.1) is 0 Å². The van der Waals surface area contributed by atoms with E-state index in [1.807, 2.05) is 0 Å². The zero-order valence-electron chi connectivity index (χ0n) is 13.6. The number of nitrogens with zero attached hydrogens (tertiary/aromatic N) is 2. The Morgan fingerprint density at radius 1 is 1.12 bits per heavy atom. The Labute approximate surface area is 140 Å². The van der Waals surface area contributed by atoms with Crippen molar-refractivity contribution >= 4 is 21.9 Å². The monoisotopic (exact) mass is 360 g/mol. The highest BCUT2D eigenvalue weighted by molar-refractivity contribution is 7.89. The largest absolute Gasteiger partial charge is 0.480 e. The molecule has 0 heterocycles. The second-order valence-corrected chi connectivity index (χ2v) is 7.08. The molecule has 0 aliphatic heterocycles. The van der Waals surface area contributed by atoms with Crippen LogP contribution in [0.4, 0.5) is 4.39 Å². The maximum atomic E-state index is 12.9. The van der Waals surface area contributed by atoms with Crippen molar-refractivity contribution in [1.29, 1.82) is 0 Å². The molecule has 0 aliphatic rings. The predicted octanol–water partition coefficient (Wildman–Crippen LogP) is 0.911. The molecular formula is C15H21FN2O5S. The summed E-state index contributed by atoms with van der Waals surface area (Å²) in [4.78, 5) is 24.2. The summed E-state index contributed by atoms with van der Waals surface area (Å²) in [7, 11) is -3.81. The number of aliphatic carboxylic acids is 1. The molecule has 134 valence electrons. The van der Waals surface area contributed by atoms with E-state index in [-0.39, 0.29) is 19.6 Å². The Hall–Kier alpha value is -2.00. The second-order valence-electron chi connectivity index (χ2n) is 5.11. The normalized spacial score (nSPS) is 11.5. The van der Waals surface area contributed by atoms with Gasteiger partial charge in [-0.2, -0.15) is 0 Å². The van der Waals surface area contributed by atoms with Gasteiger partial charge in [-0.3, -0.25) is 9.59 Å². The van der Waals surface area contributed by atoms with Crippen molar-refractivity contribution < 1.29 is 27.5 Å². The highest BCUT2D eigenvalue weighted by Crippen LogP contribution is 2.09. The van der Waals surface area contributed by atoms with E-state index in [4.69, 9.17) is 5.11 Å². The predicted molar refractivity (Wildman–Crippen MR) is 86.2 cm³/mol. The van der Waals surface area contributed by atoms with Crippen LogP contribution in [0.3, 0.4) is 0 Å². The molecule has 1 aromatic rings. The summed E-state index contributed by atoms with van der Waals surface area (Å²) in [6.45, 7) is 3.01. The topological polar surface area (TPSA) is 95.0 Å². The Morgan fingerprint density at radius 3 is 2.12 bits per heavy atom. The molecule has 7 nitrogen and oxygen atoms in total. The van der Waals surface area contributed by atoms with Crippen molar-refractivity contribution in [1.82, 2.24) is 9.21 Å². The third-order valence-corrected chi connectivity index (χ3v) is 5.29. The molecule has 0 bridgehead atoms. The van der Waals surface area contributed by atoms with E-state index in [9.17, 15) is 22.4 Å². The number of benzene rings is 1. The molecular weight excluding hydrogens is 339 g/mol. The Kier molecular flexibility index (Phi) is 7.30. The number of carbonyl (C=O) groups excluding carboxylic acids is 1. The quantitative estimate of drug-likeness (QED) is 0.706. The summed E-state index contributed by atoms with van der Waals surface area (Å²) in [6, 6.07) is 5.20. The molecule has 0 fully saturated rings. The van der Waals surface area contributed by atoms with Crippen LogP contribution in [0.15, 0.2) is 24.3 Å². The van der Waals surface area contributed by atoms with E-state index in [2.05, 4.69) is 0 Å². The highest BCUT2D eigenvalue weighted by atomic mass is 32.2. The number of carbonyl (C=O) groups is 2. The van der Waals surface area contributed by atoms with Gasteiger partial charge in [-0.25, -0.2) is 17.1 Å². The fourth-order valence-corrected chi connectivity index (χ4v) is 3.63. The molecule has 0 unspecified atom stereocenters. The van der Waals surface area contributed by atoms with E-state index in [0.29, 0.717) is 5.56 Å². The van der Waals surface area contributed by atoms with Gasteiger partial charge in [-0.05, 0) is 17.7 Å². The third-order valence-electron chi connectivity index (χ3n) is 3.37. The van der Waals surface area contributed by atoms with Gasteiger partial charge >= 0.3 is 5.97 Å². The van der Waals surface area contributed by atoms with E-state index >= 15 is 0 Å². The number of carboxylic acid groups (broad SMARTS) is 1. The maximum Gasteiger partial charge on any atom is 0.323 e. The first kappa shape index (κ1) is 20.0. The lowest BCUT2D eigenvalue weighted by Gasteiger charge is -2.23. The zero-order chi connectivity index (χ0) is 18.3. The maximum absolute atomic E-state index is 12.9. The van der Waals surface area contributed by atoms with E-state index in [0.717, 1.165) is 9.21 Å². The Morgan fingerprint density at radius 2 is 1.67 bits per heavy atom. The molecule has 0 radical (unpaired) electrons. The van der Waals surface area contributed by atoms with Crippen LogP contribution in [-0.2, 0) is 26.2 Å². The van der Waals surface area contributed by atoms with Crippen LogP contribution in [-0.4, -0.2) is 60.0 Å². The van der Waals surface area contributed by atoms with E-state index < -0.39 is 40.0 Å². The van der Waals surface area contributed by atoms with Gasteiger partial charge in [0.1, 0.15) is 18.1 Å². The van der Waals surface area contributed by atoms with Gasteiger partial charge in [0.2, 0.25) is 15.9 Å². The van der Waals surface area contributed by atoms with Crippen LogP contribution >= 0.6 is 0 Å². The smallest absolute Gasteiger partial charge is 0.323 e. The molecule has 1 amide bonds. The van der Waals surface area contributed by atoms with Crippen LogP contribution in [0, 0.1) is 5.82 Å². The standard InChI is InChI=1S/C15H21FN2O5S/c1-3-18(4-2)24(22,23)11-14(19)17(10-15(20)21)9-12-5-7-13(16)8-6-12/h5-8H,3-4,9-11H2,1-2H3,(H,20,21). The molecule has 0 atom stereocenters. The molecule has 0 spiro atoms. The third kappa shape index (κ3) is 5.89. The zero-order valence-corrected chi connectivity index (χ0v) is 14.4. The Bertz CT molecular complexity index is 672. The average Bonchev–Trinajstić information content (AvgIpc) is 2.48. The first-order valence-corrected chi connectivity index (χ1v) is 9.02. The molecule has 1 rings (SSSR count). The molecule has 0 saturated heterocycles. The van der Waals surface area contributed by atoms with E-state index in [1.165, 1.54) is 24.3 Å². The number of amides is 1. The highest BCUT2D eigenvalue weighted by Gasteiger charge is 2.27. The summed E-state index contributed by atoms with van der Waals surface area (Å²) < 4.78 is 38.4. The number of hydrogen-bond acceptors (Lipinski definition) is 4. The van der Waals surface area contributed by atoms with Crippen LogP contribution in [0.5, 0.6) is 0 Å². The number of rotatable bonds is 9. The summed E-state index contributed by atoms with van der Waals surface area (Å²) >= 11 is 0. The molecule has 0 aromatic heterocycles. The van der Waals surface area contributed by atoms with Crippen molar-refractivity contribution in [3.63, 3.8) is 0 Å². The van der Waals surface area contributed by atoms with Gasteiger partial charge < -0.3 is 10.0 Å². The summed E-state index contributed by atoms with van der Waals surface area (Å²) in [5, 5.41) is 8.94. The summed E-state index contributed by atoms with van der Waals surface area (Å²) in [5.74, 6) is -3.33. The lowest BCUT2D eigenvalue weighted by Crippen LogP contribution is -2.43. The average molecular weight is 360 g/mol. The van der Waals surface area contributed by atoms with Gasteiger partial charge in [0.05, 0.1) is 0 Å². The summed E-state index contributed by atoms with van der Waals surface area (Å²) in [5.41, 5.74) is 0.506. The second kappa shape index (κ2) is 8.74. The number of sulfonamides is 1. The minimum absolute atomic E-state index is 0.112. The Balaban J connectivity index is 2.92. The first-order valence-electron chi connectivity index (χ1n) is 7.41. The van der Waals surface area contributed by atoms with Gasteiger partial charge in [0, 0.05) is 19.6 Å².